The van der Waals surface area contributed by atoms with E-state index >= 15 is 0 Å². The van der Waals surface area contributed by atoms with Gasteiger partial charge in [0, 0.05) is 6.04 Å². The third kappa shape index (κ3) is 2.94. The third-order valence-corrected chi connectivity index (χ3v) is 5.46. The summed E-state index contributed by atoms with van der Waals surface area (Å²) in [5.41, 5.74) is 0. The molecule has 2 N–H and O–H groups in total. The molecule has 0 spiro atoms. The summed E-state index contributed by atoms with van der Waals surface area (Å²) in [7, 11) is -2.75. The van der Waals surface area contributed by atoms with Gasteiger partial charge in [0.25, 0.3) is 0 Å². The van der Waals surface area contributed by atoms with Crippen LogP contribution < -0.4 is 5.90 Å². The van der Waals surface area contributed by atoms with Crippen molar-refractivity contribution in [1.82, 2.24) is 4.90 Å². The predicted molar refractivity (Wildman–Crippen MR) is 61.5 cm³/mol. The Morgan fingerprint density at radius 3 is 2.44 bits per heavy atom. The molecule has 0 amide bonds. The molecule has 0 radical (unpaired) electrons. The second kappa shape index (κ2) is 5.00. The van der Waals surface area contributed by atoms with E-state index in [1.54, 1.807) is 0 Å². The number of nitrogens with zero attached hydrogens (tertiary/aromatic N) is 1. The van der Waals surface area contributed by atoms with Crippen LogP contribution in [0.5, 0.6) is 0 Å². The lowest BCUT2D eigenvalue weighted by Gasteiger charge is -2.35. The first-order valence-electron chi connectivity index (χ1n) is 5.87. The van der Waals surface area contributed by atoms with Crippen LogP contribution >= 0.6 is 0 Å². The number of likely N-dealkylation sites (tertiary alicyclic amines) is 1. The highest BCUT2D eigenvalue weighted by molar-refractivity contribution is 7.91. The highest BCUT2D eigenvalue weighted by Crippen LogP contribution is 2.24. The molecule has 0 saturated carbocycles. The zero-order valence-corrected chi connectivity index (χ0v) is 10.3. The second-order valence-electron chi connectivity index (χ2n) is 4.87. The molecule has 2 fully saturated rings. The molecule has 2 aliphatic rings. The first-order chi connectivity index (χ1) is 7.61. The van der Waals surface area contributed by atoms with Gasteiger partial charge >= 0.3 is 0 Å². The molecule has 0 aromatic heterocycles. The van der Waals surface area contributed by atoms with Crippen LogP contribution in [0.3, 0.4) is 0 Å². The summed E-state index contributed by atoms with van der Waals surface area (Å²) < 4.78 is 22.8. The fourth-order valence-corrected chi connectivity index (χ4v) is 4.45. The highest BCUT2D eigenvalue weighted by Gasteiger charge is 2.33. The van der Waals surface area contributed by atoms with Crippen molar-refractivity contribution in [3.05, 3.63) is 0 Å². The van der Waals surface area contributed by atoms with Crippen LogP contribution in [0.1, 0.15) is 19.3 Å². The van der Waals surface area contributed by atoms with Crippen LogP contribution in [0.25, 0.3) is 0 Å². The van der Waals surface area contributed by atoms with E-state index in [-0.39, 0.29) is 6.04 Å². The molecule has 0 aromatic carbocycles. The molecule has 1 unspecified atom stereocenters. The molecule has 94 valence electrons. The summed E-state index contributed by atoms with van der Waals surface area (Å²) in [4.78, 5) is 6.98. The number of nitrogens with two attached hydrogens (primary N) is 1. The van der Waals surface area contributed by atoms with Crippen molar-refractivity contribution >= 4 is 9.84 Å². The van der Waals surface area contributed by atoms with E-state index in [1.807, 2.05) is 0 Å². The van der Waals surface area contributed by atoms with Gasteiger partial charge in [0.1, 0.15) is 0 Å². The van der Waals surface area contributed by atoms with Crippen LogP contribution in [-0.2, 0) is 14.7 Å². The molecule has 2 rings (SSSR count). The van der Waals surface area contributed by atoms with Gasteiger partial charge in [-0.2, -0.15) is 0 Å². The van der Waals surface area contributed by atoms with Gasteiger partial charge in [-0.1, -0.05) is 0 Å². The van der Waals surface area contributed by atoms with Gasteiger partial charge in [-0.15, -0.1) is 0 Å². The van der Waals surface area contributed by atoms with Gasteiger partial charge in [0.2, 0.25) is 0 Å². The summed E-state index contributed by atoms with van der Waals surface area (Å²) in [6.45, 7) is 2.58. The zero-order valence-electron chi connectivity index (χ0n) is 9.47. The van der Waals surface area contributed by atoms with Gasteiger partial charge < -0.3 is 4.84 Å². The van der Waals surface area contributed by atoms with Crippen LogP contribution in [0.15, 0.2) is 0 Å². The summed E-state index contributed by atoms with van der Waals surface area (Å²) in [5.74, 6) is 6.32. The van der Waals surface area contributed by atoms with E-state index in [0.717, 1.165) is 32.4 Å². The Bertz CT molecular complexity index is 323. The van der Waals surface area contributed by atoms with E-state index in [2.05, 4.69) is 9.74 Å². The van der Waals surface area contributed by atoms with Crippen molar-refractivity contribution in [2.75, 3.05) is 31.2 Å². The quantitative estimate of drug-likeness (QED) is 0.699. The average molecular weight is 248 g/mol. The molecule has 2 heterocycles. The summed E-state index contributed by atoms with van der Waals surface area (Å²) in [5, 5.41) is 0. The Kier molecular flexibility index (Phi) is 3.84. The molecular weight excluding hydrogens is 228 g/mol. The monoisotopic (exact) mass is 248 g/mol. The van der Waals surface area contributed by atoms with Crippen molar-refractivity contribution in [3.63, 3.8) is 0 Å². The minimum absolute atomic E-state index is 0.254. The Balaban J connectivity index is 1.81. The van der Waals surface area contributed by atoms with Crippen LogP contribution in [-0.4, -0.2) is 50.6 Å². The maximum absolute atomic E-state index is 11.4. The molecule has 2 saturated heterocycles. The molecule has 2 aliphatic heterocycles. The molecule has 0 aromatic rings. The normalized spacial score (nSPS) is 31.9. The Hall–Kier alpha value is -0.170. The van der Waals surface area contributed by atoms with Crippen LogP contribution in [0, 0.1) is 5.92 Å². The van der Waals surface area contributed by atoms with Gasteiger partial charge in [0.15, 0.2) is 9.84 Å². The SMILES string of the molecule is NOCC1CCN(C2CCS(=O)(=O)C2)CC1. The Morgan fingerprint density at radius 1 is 1.25 bits per heavy atom. The minimum atomic E-state index is -2.75. The third-order valence-electron chi connectivity index (χ3n) is 3.71. The van der Waals surface area contributed by atoms with Gasteiger partial charge in [0.05, 0.1) is 18.1 Å². The first kappa shape index (κ1) is 12.3. The smallest absolute Gasteiger partial charge is 0.151 e. The standard InChI is InChI=1S/C10H20N2O3S/c11-15-7-9-1-4-12(5-2-9)10-3-6-16(13,14)8-10/h9-10H,1-8,11H2. The summed E-state index contributed by atoms with van der Waals surface area (Å²) >= 11 is 0. The van der Waals surface area contributed by atoms with Crippen LogP contribution in [0.2, 0.25) is 0 Å². The van der Waals surface area contributed by atoms with E-state index in [4.69, 9.17) is 5.90 Å². The number of hydrogen-bond acceptors (Lipinski definition) is 5. The molecule has 0 bridgehead atoms. The van der Waals surface area contributed by atoms with E-state index in [0.29, 0.717) is 24.0 Å². The van der Waals surface area contributed by atoms with Crippen molar-refractivity contribution in [1.29, 1.82) is 0 Å². The molecule has 6 heteroatoms. The lowest BCUT2D eigenvalue weighted by Crippen LogP contribution is -2.42. The zero-order chi connectivity index (χ0) is 11.6. The number of hydrogen-bond donors (Lipinski definition) is 1. The number of sulfone groups is 1. The summed E-state index contributed by atoms with van der Waals surface area (Å²) in [6.07, 6.45) is 2.93. The van der Waals surface area contributed by atoms with Gasteiger partial charge in [-0.25, -0.2) is 14.3 Å². The van der Waals surface area contributed by atoms with Crippen molar-refractivity contribution in [2.24, 2.45) is 11.8 Å². The molecule has 0 aliphatic carbocycles. The van der Waals surface area contributed by atoms with Crippen molar-refractivity contribution in [2.45, 2.75) is 25.3 Å². The largest absolute Gasteiger partial charge is 0.304 e. The molecular formula is C10H20N2O3S. The summed E-state index contributed by atoms with van der Waals surface area (Å²) in [6, 6.07) is 0.254. The fourth-order valence-electron chi connectivity index (χ4n) is 2.68. The van der Waals surface area contributed by atoms with E-state index < -0.39 is 9.84 Å². The Labute approximate surface area is 96.8 Å². The highest BCUT2D eigenvalue weighted by atomic mass is 32.2. The lowest BCUT2D eigenvalue weighted by atomic mass is 9.96. The first-order valence-corrected chi connectivity index (χ1v) is 7.69. The molecule has 16 heavy (non-hydrogen) atoms. The maximum Gasteiger partial charge on any atom is 0.151 e. The van der Waals surface area contributed by atoms with E-state index in [1.165, 1.54) is 0 Å². The van der Waals surface area contributed by atoms with Crippen molar-refractivity contribution < 1.29 is 13.3 Å². The van der Waals surface area contributed by atoms with Crippen LogP contribution in [0.4, 0.5) is 0 Å². The fraction of sp³-hybridized carbons (Fsp3) is 1.00. The minimum Gasteiger partial charge on any atom is -0.304 e. The average Bonchev–Trinajstić information content (AvgIpc) is 2.61. The molecule has 5 nitrogen and oxygen atoms in total. The lowest BCUT2D eigenvalue weighted by molar-refractivity contribution is 0.0586. The Morgan fingerprint density at radius 2 is 1.94 bits per heavy atom. The van der Waals surface area contributed by atoms with Gasteiger partial charge in [-0.05, 0) is 38.3 Å². The number of rotatable bonds is 3. The topological polar surface area (TPSA) is 72.6 Å². The van der Waals surface area contributed by atoms with Gasteiger partial charge in [-0.3, -0.25) is 4.90 Å². The van der Waals surface area contributed by atoms with E-state index in [9.17, 15) is 8.42 Å². The van der Waals surface area contributed by atoms with Crippen molar-refractivity contribution in [3.8, 4) is 0 Å². The maximum atomic E-state index is 11.4. The second-order valence-corrected chi connectivity index (χ2v) is 7.10. The number of piperidine rings is 1. The predicted octanol–water partition coefficient (Wildman–Crippen LogP) is -0.224. The molecule has 1 atom stereocenters.